The van der Waals surface area contributed by atoms with E-state index in [4.69, 9.17) is 0 Å². The predicted molar refractivity (Wildman–Crippen MR) is 302 cm³/mol. The molecule has 0 fully saturated rings. The topological polar surface area (TPSA) is 0 Å². The Kier molecular flexibility index (Phi) is 2.56. The van der Waals surface area contributed by atoms with Crippen molar-refractivity contribution in [2.45, 2.75) is 63.2 Å². The maximum atomic E-state index is 2.56. The summed E-state index contributed by atoms with van der Waals surface area (Å²) in [6.07, 6.45) is 13.9. The van der Waals surface area contributed by atoms with Gasteiger partial charge in [-0.1, -0.05) is 38.3 Å². The van der Waals surface area contributed by atoms with Gasteiger partial charge in [0.1, 0.15) is 0 Å². The molecule has 300 valence electrons. The third-order valence-corrected chi connectivity index (χ3v) is 25.4. The molecule has 0 atom stereocenters. The Labute approximate surface area is 386 Å². The van der Waals surface area contributed by atoms with Crippen molar-refractivity contribution in [2.75, 3.05) is 0 Å². The van der Waals surface area contributed by atoms with Crippen LogP contribution in [0.1, 0.15) is 80.0 Å². The summed E-state index contributed by atoms with van der Waals surface area (Å²) < 4.78 is 0. The number of benzene rings is 18. The molecule has 70 heavy (non-hydrogen) atoms. The van der Waals surface area contributed by atoms with Crippen LogP contribution in [0.2, 0.25) is 0 Å². The predicted octanol–water partition coefficient (Wildman–Crippen LogP) is 20.4. The van der Waals surface area contributed by atoms with E-state index in [2.05, 4.69) is 19.1 Å². The van der Waals surface area contributed by atoms with E-state index in [1.54, 1.807) is 291 Å². The van der Waals surface area contributed by atoms with Crippen molar-refractivity contribution in [2.24, 2.45) is 0 Å². The maximum Gasteiger partial charge on any atom is 0.0338 e. The van der Waals surface area contributed by atoms with Gasteiger partial charge in [-0.15, -0.1) is 0 Å². The van der Waals surface area contributed by atoms with Crippen LogP contribution in [0.25, 0.3) is 291 Å². The van der Waals surface area contributed by atoms with Crippen molar-refractivity contribution in [1.29, 1.82) is 0 Å². The van der Waals surface area contributed by atoms with Gasteiger partial charge in [-0.05, 0) is 339 Å². The smallest absolute Gasteiger partial charge is 0.0338 e. The molecule has 0 saturated carbocycles. The highest BCUT2D eigenvalue weighted by Crippen LogP contribution is 2.84. The quantitative estimate of drug-likeness (QED) is 0.0811. The van der Waals surface area contributed by atoms with Gasteiger partial charge in [0.2, 0.25) is 0 Å². The van der Waals surface area contributed by atoms with Gasteiger partial charge in [0.15, 0.2) is 0 Å². The minimum atomic E-state index is -0.0721. The molecule has 28 aromatic carbocycles. The van der Waals surface area contributed by atoms with Gasteiger partial charge in [-0.3, -0.25) is 0 Å². The Morgan fingerprint density at radius 2 is 0.443 bits per heavy atom. The highest BCUT2D eigenvalue weighted by atomic mass is 14.6. The molecule has 0 nitrogen and oxygen atoms in total. The third kappa shape index (κ3) is 1.55. The zero-order valence-electron chi connectivity index (χ0n) is 37.2. The van der Waals surface area contributed by atoms with Gasteiger partial charge in [0, 0.05) is 11.3 Å². The van der Waals surface area contributed by atoms with E-state index in [1.807, 2.05) is 22.3 Å². The van der Waals surface area contributed by atoms with Crippen molar-refractivity contribution in [3.8, 4) is 0 Å². The van der Waals surface area contributed by atoms with E-state index >= 15 is 0 Å². The van der Waals surface area contributed by atoms with Crippen LogP contribution in [-0.2, 0) is 5.41 Å². The van der Waals surface area contributed by atoms with E-state index in [0.717, 1.165) is 0 Å². The fourth-order valence-electron chi connectivity index (χ4n) is 25.0. The molecule has 28 aromatic rings. The summed E-state index contributed by atoms with van der Waals surface area (Å²) in [5.74, 6) is 0.373. The molecular weight excluding hydrogens is 841 g/mol. The Morgan fingerprint density at radius 1 is 0.243 bits per heavy atom. The van der Waals surface area contributed by atoms with Crippen LogP contribution in [0, 0.1) is 0 Å². The van der Waals surface area contributed by atoms with Crippen molar-refractivity contribution >= 4 is 291 Å². The first kappa shape index (κ1) is 27.4. The molecule has 0 saturated heterocycles. The zero-order valence-corrected chi connectivity index (χ0v) is 37.2. The molecule has 32 rings (SSSR count). The monoisotopic (exact) mass is 860 g/mol. The molecule has 0 radical (unpaired) electrons. The first-order valence-electron chi connectivity index (χ1n) is 27.3. The van der Waals surface area contributed by atoms with Crippen LogP contribution >= 0.6 is 0 Å². The summed E-state index contributed by atoms with van der Waals surface area (Å²) >= 11 is 0. The number of allylic oxidation sites excluding steroid dienone is 2. The average Bonchev–Trinajstić information content (AvgIpc) is 4.41. The van der Waals surface area contributed by atoms with Crippen LogP contribution in [0.3, 0.4) is 0 Å². The van der Waals surface area contributed by atoms with Gasteiger partial charge >= 0.3 is 0 Å². The standard InChI is InChI=1S/C70H20/c1-2-3-4-5-6-7-8-9-10-70-67-63-57-43-35-27-15-12-11-13-16(15)28-30-26-20(13)22-18-14(11)17-21-19(12)25-29(27)41(43)49-47-33(25)31(21)39-37-23(17)24(18)38-40-32(22)34(26)48-50-42(30)44(36(28)35)58(57)64(67)60(50)62-54(48)52(40)56-46(38)45(37)55-51(39)53(47)61(59(49)63)68(70)65(55)66(56)69(62)70/h5-6,67H,2-4,7-10H2,1H3/b6-5+. The highest BCUT2D eigenvalue weighted by Gasteiger charge is 2.62. The van der Waals surface area contributed by atoms with Crippen molar-refractivity contribution in [1.82, 2.24) is 0 Å². The fourth-order valence-corrected chi connectivity index (χ4v) is 25.0. The van der Waals surface area contributed by atoms with E-state index in [1.165, 1.54) is 44.9 Å². The molecule has 0 N–H and O–H groups in total. The lowest BCUT2D eigenvalue weighted by Crippen LogP contribution is -2.37. The van der Waals surface area contributed by atoms with Gasteiger partial charge < -0.3 is 0 Å². The Morgan fingerprint density at radius 3 is 0.700 bits per heavy atom. The molecule has 0 aliphatic heterocycles. The van der Waals surface area contributed by atoms with Crippen LogP contribution in [0.5, 0.6) is 0 Å². The number of rotatable bonds is 8. The van der Waals surface area contributed by atoms with E-state index in [9.17, 15) is 0 Å². The second kappa shape index (κ2) is 6.54. The molecule has 0 heterocycles. The van der Waals surface area contributed by atoms with Crippen LogP contribution in [0.15, 0.2) is 12.2 Å². The normalized spacial score (nSPS) is 20.9. The molecule has 0 amide bonds. The zero-order chi connectivity index (χ0) is 41.9. The van der Waals surface area contributed by atoms with E-state index in [-0.39, 0.29) is 5.41 Å². The number of unbranched alkanes of at least 4 members (excludes halogenated alkanes) is 4. The Balaban J connectivity index is 1.08. The number of hydrogen-bond donors (Lipinski definition) is 0. The SMILES string of the molecule is CCCC/C=C/CCCCC12c3c4c5c6c7c8c(c9c%10c1c1c3c3c%11c4c4c5c5c7c7c%12c8c8c9c9c%10c%10c1c1c3c3c%11c%11c4c4c5c7c5c7c%12c8c8c9c9c%10c1c1c3c3c%11c4c5c4c7c8c9c1c34)C62. The Hall–Kier alpha value is -7.80. The largest absolute Gasteiger partial charge is 0.0885 e. The third-order valence-electron chi connectivity index (χ3n) is 25.4. The maximum absolute atomic E-state index is 2.56. The lowest BCUT2D eigenvalue weighted by molar-refractivity contribution is 0.419. The Bertz CT molecular complexity index is 6850. The summed E-state index contributed by atoms with van der Waals surface area (Å²) in [4.78, 5) is 0. The summed E-state index contributed by atoms with van der Waals surface area (Å²) in [6.45, 7) is 2.33. The van der Waals surface area contributed by atoms with Crippen LogP contribution < -0.4 is 0 Å². The lowest BCUT2D eigenvalue weighted by atomic mass is 9.55. The molecule has 0 aromatic heterocycles. The second-order valence-electron chi connectivity index (χ2n) is 26.1. The first-order valence-corrected chi connectivity index (χ1v) is 27.3. The highest BCUT2D eigenvalue weighted by molar-refractivity contribution is 6.82. The molecule has 0 unspecified atom stereocenters. The minimum absolute atomic E-state index is 0.0721. The summed E-state index contributed by atoms with van der Waals surface area (Å²) in [5.41, 5.74) is 7.23. The fraction of sp³-hybridized carbons (Fsp3) is 0.143. The molecule has 4 aliphatic carbocycles. The summed E-state index contributed by atoms with van der Waals surface area (Å²) in [6, 6.07) is 0. The van der Waals surface area contributed by atoms with Crippen molar-refractivity contribution in [3.05, 3.63) is 34.4 Å². The van der Waals surface area contributed by atoms with E-state index in [0.29, 0.717) is 5.92 Å². The van der Waals surface area contributed by atoms with Crippen molar-refractivity contribution < 1.29 is 0 Å². The van der Waals surface area contributed by atoms with Crippen LogP contribution in [-0.4, -0.2) is 0 Å². The van der Waals surface area contributed by atoms with Crippen molar-refractivity contribution in [3.63, 3.8) is 0 Å². The molecule has 4 aliphatic rings. The van der Waals surface area contributed by atoms with Gasteiger partial charge in [-0.25, -0.2) is 0 Å². The molecular formula is C70H20. The van der Waals surface area contributed by atoms with E-state index < -0.39 is 0 Å². The molecule has 0 bridgehead atoms. The first-order chi connectivity index (χ1) is 34.9. The lowest BCUT2D eigenvalue weighted by Gasteiger charge is -2.45. The number of hydrogen-bond acceptors (Lipinski definition) is 0. The van der Waals surface area contributed by atoms with Gasteiger partial charge in [0.25, 0.3) is 0 Å². The average molecular weight is 861 g/mol. The summed E-state index contributed by atoms with van der Waals surface area (Å²) in [5, 5.41) is 91.9. The van der Waals surface area contributed by atoms with Gasteiger partial charge in [0.05, 0.1) is 0 Å². The minimum Gasteiger partial charge on any atom is -0.0885 e. The summed E-state index contributed by atoms with van der Waals surface area (Å²) in [7, 11) is 0. The van der Waals surface area contributed by atoms with Gasteiger partial charge in [-0.2, -0.15) is 0 Å². The molecule has 0 heteroatoms. The molecule has 0 spiro atoms. The second-order valence-corrected chi connectivity index (χ2v) is 26.1. The van der Waals surface area contributed by atoms with Crippen LogP contribution in [0.4, 0.5) is 0 Å².